The average molecular weight is 191 g/mol. The van der Waals surface area contributed by atoms with Gasteiger partial charge in [0.05, 0.1) is 0 Å². The van der Waals surface area contributed by atoms with Gasteiger partial charge in [0.25, 0.3) is 0 Å². The van der Waals surface area contributed by atoms with Crippen molar-refractivity contribution < 1.29 is 14.7 Å². The molecule has 0 spiro atoms. The number of aliphatic carboxylic acids is 1. The molecule has 0 aliphatic heterocycles. The van der Waals surface area contributed by atoms with Crippen molar-refractivity contribution in [2.24, 2.45) is 5.92 Å². The summed E-state index contributed by atoms with van der Waals surface area (Å²) in [5.74, 6) is -2.08. The third-order valence-corrected chi connectivity index (χ3v) is 1.99. The first kappa shape index (κ1) is 10.4. The van der Waals surface area contributed by atoms with Crippen LogP contribution >= 0.6 is 0 Å². The van der Waals surface area contributed by atoms with Gasteiger partial charge in [-0.2, -0.15) is 0 Å². The van der Waals surface area contributed by atoms with Gasteiger partial charge < -0.3 is 9.90 Å². The van der Waals surface area contributed by atoms with Gasteiger partial charge in [-0.1, -0.05) is 37.3 Å². The lowest BCUT2D eigenvalue weighted by molar-refractivity contribution is -0.310. The smallest absolute Gasteiger partial charge is 0.163 e. The highest BCUT2D eigenvalue weighted by Gasteiger charge is 2.11. The minimum absolute atomic E-state index is 0.00759. The molecule has 0 aromatic heterocycles. The topological polar surface area (TPSA) is 57.2 Å². The van der Waals surface area contributed by atoms with Crippen LogP contribution in [-0.4, -0.2) is 11.8 Å². The maximum atomic E-state index is 11.5. The maximum Gasteiger partial charge on any atom is 0.163 e. The Morgan fingerprint density at radius 1 is 1.29 bits per heavy atom. The van der Waals surface area contributed by atoms with Crippen molar-refractivity contribution in [2.45, 2.75) is 13.3 Å². The normalized spacial score (nSPS) is 12.1. The zero-order valence-electron chi connectivity index (χ0n) is 7.90. The Bertz CT molecular complexity index is 330. The van der Waals surface area contributed by atoms with E-state index in [1.165, 1.54) is 6.92 Å². The molecule has 1 atom stereocenters. The van der Waals surface area contributed by atoms with Gasteiger partial charge in [0.15, 0.2) is 5.78 Å². The lowest BCUT2D eigenvalue weighted by atomic mass is 10.0. The first-order chi connectivity index (χ1) is 6.61. The number of benzene rings is 1. The van der Waals surface area contributed by atoms with Gasteiger partial charge in [-0.15, -0.1) is 0 Å². The number of rotatable bonds is 4. The number of hydrogen-bond donors (Lipinski definition) is 0. The molecule has 14 heavy (non-hydrogen) atoms. The quantitative estimate of drug-likeness (QED) is 0.656. The molecule has 0 saturated heterocycles. The Morgan fingerprint density at radius 3 is 2.36 bits per heavy atom. The Balaban J connectivity index is 2.64. The summed E-state index contributed by atoms with van der Waals surface area (Å²) in [6.07, 6.45) is -0.00759. The second-order valence-electron chi connectivity index (χ2n) is 3.21. The number of carbonyl (C=O) groups excluding carboxylic acids is 2. The molecule has 1 aromatic carbocycles. The molecule has 74 valence electrons. The van der Waals surface area contributed by atoms with Crippen molar-refractivity contribution in [1.29, 1.82) is 0 Å². The number of ketones is 1. The van der Waals surface area contributed by atoms with E-state index in [2.05, 4.69) is 0 Å². The number of carboxylic acids is 1. The molecule has 1 aromatic rings. The third kappa shape index (κ3) is 2.69. The highest BCUT2D eigenvalue weighted by Crippen LogP contribution is 2.08. The largest absolute Gasteiger partial charge is 0.550 e. The molecular formula is C11H11O3-. The van der Waals surface area contributed by atoms with E-state index in [0.717, 1.165) is 0 Å². The van der Waals surface area contributed by atoms with Crippen LogP contribution in [0.5, 0.6) is 0 Å². The predicted molar refractivity (Wildman–Crippen MR) is 49.6 cm³/mol. The van der Waals surface area contributed by atoms with Crippen LogP contribution in [0.2, 0.25) is 0 Å². The summed E-state index contributed by atoms with van der Waals surface area (Å²) in [7, 11) is 0. The zero-order valence-corrected chi connectivity index (χ0v) is 7.90. The van der Waals surface area contributed by atoms with Crippen molar-refractivity contribution in [3.8, 4) is 0 Å². The van der Waals surface area contributed by atoms with Crippen molar-refractivity contribution in [3.05, 3.63) is 35.9 Å². The average Bonchev–Trinajstić information content (AvgIpc) is 2.19. The van der Waals surface area contributed by atoms with Crippen LogP contribution in [0.4, 0.5) is 0 Å². The van der Waals surface area contributed by atoms with E-state index >= 15 is 0 Å². The highest BCUT2D eigenvalue weighted by molar-refractivity contribution is 5.97. The van der Waals surface area contributed by atoms with Crippen LogP contribution in [-0.2, 0) is 4.79 Å². The molecule has 3 heteroatoms. The van der Waals surface area contributed by atoms with Crippen LogP contribution in [0.25, 0.3) is 0 Å². The molecular weight excluding hydrogens is 180 g/mol. The van der Waals surface area contributed by atoms with E-state index in [0.29, 0.717) is 5.56 Å². The fraction of sp³-hybridized carbons (Fsp3) is 0.273. The minimum Gasteiger partial charge on any atom is -0.550 e. The molecule has 0 radical (unpaired) electrons. The summed E-state index contributed by atoms with van der Waals surface area (Å²) in [5.41, 5.74) is 0.542. The molecule has 0 unspecified atom stereocenters. The van der Waals surface area contributed by atoms with Crippen molar-refractivity contribution in [1.82, 2.24) is 0 Å². The van der Waals surface area contributed by atoms with Crippen LogP contribution < -0.4 is 5.11 Å². The minimum atomic E-state index is -1.19. The molecule has 0 saturated carbocycles. The van der Waals surface area contributed by atoms with Gasteiger partial charge in [0.1, 0.15) is 0 Å². The number of carbonyl (C=O) groups is 2. The standard InChI is InChI=1S/C11H12O3/c1-8(11(13)14)7-10(12)9-5-3-2-4-6-9/h2-6,8H,7H2,1H3,(H,13,14)/p-1/t8-/m1/s1. The van der Waals surface area contributed by atoms with Crippen molar-refractivity contribution >= 4 is 11.8 Å². The number of carboxylic acid groups (broad SMARTS) is 1. The fourth-order valence-electron chi connectivity index (χ4n) is 1.10. The summed E-state index contributed by atoms with van der Waals surface area (Å²) >= 11 is 0. The maximum absolute atomic E-state index is 11.5. The molecule has 0 aliphatic rings. The summed E-state index contributed by atoms with van der Waals surface area (Å²) in [4.78, 5) is 21.9. The van der Waals surface area contributed by atoms with Gasteiger partial charge in [-0.05, 0) is 0 Å². The van der Waals surface area contributed by atoms with Gasteiger partial charge >= 0.3 is 0 Å². The monoisotopic (exact) mass is 191 g/mol. The second-order valence-corrected chi connectivity index (χ2v) is 3.21. The van der Waals surface area contributed by atoms with E-state index < -0.39 is 11.9 Å². The molecule has 0 bridgehead atoms. The molecule has 1 rings (SSSR count). The molecule has 0 aliphatic carbocycles. The Hall–Kier alpha value is -1.64. The number of hydrogen-bond acceptors (Lipinski definition) is 3. The summed E-state index contributed by atoms with van der Waals surface area (Å²) < 4.78 is 0. The van der Waals surface area contributed by atoms with E-state index in [1.54, 1.807) is 30.3 Å². The second kappa shape index (κ2) is 4.56. The van der Waals surface area contributed by atoms with Gasteiger partial charge in [0.2, 0.25) is 0 Å². The van der Waals surface area contributed by atoms with E-state index in [-0.39, 0.29) is 12.2 Å². The SMILES string of the molecule is C[C@H](CC(=O)c1ccccc1)C(=O)[O-]. The first-order valence-electron chi connectivity index (χ1n) is 4.40. The van der Waals surface area contributed by atoms with Crippen molar-refractivity contribution in [2.75, 3.05) is 0 Å². The molecule has 3 nitrogen and oxygen atoms in total. The highest BCUT2D eigenvalue weighted by atomic mass is 16.4. The van der Waals surface area contributed by atoms with E-state index in [1.807, 2.05) is 0 Å². The lowest BCUT2D eigenvalue weighted by Crippen LogP contribution is -2.30. The predicted octanol–water partition coefficient (Wildman–Crippen LogP) is 0.645. The van der Waals surface area contributed by atoms with Gasteiger partial charge in [-0.25, -0.2) is 0 Å². The Labute approximate surface area is 82.4 Å². The van der Waals surface area contributed by atoms with Crippen LogP contribution in [0.15, 0.2) is 30.3 Å². The molecule has 0 heterocycles. The molecule has 0 fully saturated rings. The van der Waals surface area contributed by atoms with Crippen LogP contribution in [0, 0.1) is 5.92 Å². The third-order valence-electron chi connectivity index (χ3n) is 1.99. The lowest BCUT2D eigenvalue weighted by Gasteiger charge is -2.10. The molecule has 0 N–H and O–H groups in total. The molecule has 0 amide bonds. The first-order valence-corrected chi connectivity index (χ1v) is 4.40. The Kier molecular flexibility index (Phi) is 3.40. The number of Topliss-reactive ketones (excluding diaryl/α,β-unsaturated/α-hetero) is 1. The summed E-state index contributed by atoms with van der Waals surface area (Å²) in [6.45, 7) is 1.47. The fourth-order valence-corrected chi connectivity index (χ4v) is 1.10. The zero-order chi connectivity index (χ0) is 10.6. The van der Waals surface area contributed by atoms with Crippen molar-refractivity contribution in [3.63, 3.8) is 0 Å². The van der Waals surface area contributed by atoms with Gasteiger partial charge in [-0.3, -0.25) is 4.79 Å². The Morgan fingerprint density at radius 2 is 1.86 bits per heavy atom. The van der Waals surface area contributed by atoms with E-state index in [4.69, 9.17) is 0 Å². The summed E-state index contributed by atoms with van der Waals surface area (Å²) in [6, 6.07) is 8.64. The van der Waals surface area contributed by atoms with Crippen LogP contribution in [0.3, 0.4) is 0 Å². The van der Waals surface area contributed by atoms with Crippen LogP contribution in [0.1, 0.15) is 23.7 Å². The van der Waals surface area contributed by atoms with Gasteiger partial charge in [0, 0.05) is 23.9 Å². The summed E-state index contributed by atoms with van der Waals surface area (Å²) in [5, 5.41) is 10.4. The van der Waals surface area contributed by atoms with E-state index in [9.17, 15) is 14.7 Å².